The molecule has 23 heavy (non-hydrogen) atoms. The Hall–Kier alpha value is -1.70. The molecule has 2 heterocycles. The molecule has 3 rings (SSSR count). The molecular weight excluding hydrogens is 332 g/mol. The van der Waals surface area contributed by atoms with Gasteiger partial charge in [-0.2, -0.15) is 4.31 Å². The van der Waals surface area contributed by atoms with Gasteiger partial charge in [0.1, 0.15) is 10.3 Å². The number of hydrogen-bond acceptors (Lipinski definition) is 4. The van der Waals surface area contributed by atoms with Crippen molar-refractivity contribution in [2.45, 2.75) is 30.1 Å². The lowest BCUT2D eigenvalue weighted by Gasteiger charge is -2.34. The summed E-state index contributed by atoms with van der Waals surface area (Å²) < 4.78 is 27.6. The summed E-state index contributed by atoms with van der Waals surface area (Å²) in [5.74, 6) is -0.281. The molecule has 1 aromatic carbocycles. The van der Waals surface area contributed by atoms with Crippen LogP contribution in [-0.4, -0.2) is 31.7 Å². The number of benzene rings is 1. The van der Waals surface area contributed by atoms with E-state index in [-0.39, 0.29) is 16.7 Å². The van der Waals surface area contributed by atoms with E-state index in [9.17, 15) is 13.2 Å². The maximum Gasteiger partial charge on any atom is 0.253 e. The maximum absolute atomic E-state index is 13.0. The number of rotatable bonds is 3. The molecule has 0 saturated heterocycles. The fourth-order valence-corrected chi connectivity index (χ4v) is 5.79. The number of carbonyl (C=O) groups excluding carboxylic acids is 1. The fourth-order valence-electron chi connectivity index (χ4n) is 2.81. The monoisotopic (exact) mass is 350 g/mol. The van der Waals surface area contributed by atoms with Crippen molar-refractivity contribution >= 4 is 27.3 Å². The number of thiophene rings is 1. The van der Waals surface area contributed by atoms with E-state index in [1.165, 1.54) is 22.7 Å². The number of sulfonamides is 1. The van der Waals surface area contributed by atoms with Gasteiger partial charge in [0.25, 0.3) is 10.0 Å². The number of fused-ring (bicyclic) bond motifs is 1. The molecule has 7 heteroatoms. The molecule has 1 amide bonds. The smallest absolute Gasteiger partial charge is 0.253 e. The summed E-state index contributed by atoms with van der Waals surface area (Å²) in [6.45, 7) is 2.08. The Bertz CT molecular complexity index is 843. The van der Waals surface area contributed by atoms with Gasteiger partial charge in [-0.25, -0.2) is 8.42 Å². The SMILES string of the molecule is CNC(=O)C1Cc2ccccc2CN1S(=O)(=O)c1ccc(C)s1. The van der Waals surface area contributed by atoms with Crippen molar-refractivity contribution in [1.82, 2.24) is 9.62 Å². The Morgan fingerprint density at radius 3 is 2.52 bits per heavy atom. The van der Waals surface area contributed by atoms with Gasteiger partial charge in [-0.05, 0) is 36.6 Å². The molecule has 1 N–H and O–H groups in total. The van der Waals surface area contributed by atoms with Crippen LogP contribution in [0.15, 0.2) is 40.6 Å². The minimum Gasteiger partial charge on any atom is -0.358 e. The van der Waals surface area contributed by atoms with Crippen molar-refractivity contribution in [1.29, 1.82) is 0 Å². The molecule has 0 fully saturated rings. The minimum absolute atomic E-state index is 0.216. The van der Waals surface area contributed by atoms with Crippen molar-refractivity contribution in [2.24, 2.45) is 0 Å². The quantitative estimate of drug-likeness (QED) is 0.920. The van der Waals surface area contributed by atoms with Crippen LogP contribution in [0.5, 0.6) is 0 Å². The molecule has 1 atom stereocenters. The molecule has 1 aromatic heterocycles. The van der Waals surface area contributed by atoms with Gasteiger partial charge in [0.05, 0.1) is 0 Å². The van der Waals surface area contributed by atoms with Crippen molar-refractivity contribution in [3.05, 3.63) is 52.4 Å². The van der Waals surface area contributed by atoms with Crippen molar-refractivity contribution in [2.75, 3.05) is 7.05 Å². The third kappa shape index (κ3) is 2.91. The van der Waals surface area contributed by atoms with Gasteiger partial charge in [0.15, 0.2) is 0 Å². The highest BCUT2D eigenvalue weighted by Crippen LogP contribution is 2.31. The van der Waals surface area contributed by atoms with Crippen LogP contribution in [0.3, 0.4) is 0 Å². The molecule has 1 unspecified atom stereocenters. The van der Waals surface area contributed by atoms with Gasteiger partial charge < -0.3 is 5.32 Å². The summed E-state index contributed by atoms with van der Waals surface area (Å²) in [6.07, 6.45) is 0.388. The number of likely N-dealkylation sites (N-methyl/N-ethyl adjacent to an activating group) is 1. The second-order valence-corrected chi connectivity index (χ2v) is 8.92. The second-order valence-electron chi connectivity index (χ2n) is 5.52. The summed E-state index contributed by atoms with van der Waals surface area (Å²) in [5.41, 5.74) is 1.97. The first kappa shape index (κ1) is 16.2. The lowest BCUT2D eigenvalue weighted by Crippen LogP contribution is -2.51. The number of nitrogens with one attached hydrogen (secondary N) is 1. The average molecular weight is 350 g/mol. The van der Waals surface area contributed by atoms with E-state index in [1.54, 1.807) is 12.1 Å². The molecule has 5 nitrogen and oxygen atoms in total. The molecule has 0 aliphatic carbocycles. The fraction of sp³-hybridized carbons (Fsp3) is 0.312. The van der Waals surface area contributed by atoms with Gasteiger partial charge >= 0.3 is 0 Å². The van der Waals surface area contributed by atoms with E-state index in [0.717, 1.165) is 16.0 Å². The largest absolute Gasteiger partial charge is 0.358 e. The molecule has 122 valence electrons. The highest BCUT2D eigenvalue weighted by atomic mass is 32.2. The van der Waals surface area contributed by atoms with E-state index >= 15 is 0 Å². The summed E-state index contributed by atoms with van der Waals surface area (Å²) >= 11 is 1.23. The van der Waals surface area contributed by atoms with E-state index < -0.39 is 16.1 Å². The lowest BCUT2D eigenvalue weighted by molar-refractivity contribution is -0.124. The van der Waals surface area contributed by atoms with Crippen molar-refractivity contribution in [3.63, 3.8) is 0 Å². The summed E-state index contributed by atoms with van der Waals surface area (Å²) in [5, 5.41) is 2.58. The van der Waals surface area contributed by atoms with Crippen LogP contribution in [0.4, 0.5) is 0 Å². The number of nitrogens with zero attached hydrogens (tertiary/aromatic N) is 1. The summed E-state index contributed by atoms with van der Waals surface area (Å²) in [6, 6.07) is 10.3. The zero-order valence-corrected chi connectivity index (χ0v) is 14.6. The predicted molar refractivity (Wildman–Crippen MR) is 89.8 cm³/mol. The van der Waals surface area contributed by atoms with Crippen molar-refractivity contribution < 1.29 is 13.2 Å². The van der Waals surface area contributed by atoms with Crippen LogP contribution < -0.4 is 5.32 Å². The maximum atomic E-state index is 13.0. The number of aryl methyl sites for hydroxylation is 1. The Balaban J connectivity index is 2.06. The van der Waals surface area contributed by atoms with Gasteiger partial charge in [-0.15, -0.1) is 11.3 Å². The molecule has 0 bridgehead atoms. The van der Waals surface area contributed by atoms with Crippen molar-refractivity contribution in [3.8, 4) is 0 Å². The summed E-state index contributed by atoms with van der Waals surface area (Å²) in [7, 11) is -2.17. The zero-order valence-electron chi connectivity index (χ0n) is 12.9. The third-order valence-corrected chi connectivity index (χ3v) is 7.36. The standard InChI is InChI=1S/C16H18N2O3S2/c1-11-7-8-15(22-11)23(20,21)18-10-13-6-4-3-5-12(13)9-14(18)16(19)17-2/h3-8,14H,9-10H2,1-2H3,(H,17,19). The highest BCUT2D eigenvalue weighted by Gasteiger charge is 2.39. The molecule has 1 aliphatic heterocycles. The Kier molecular flexibility index (Phi) is 4.27. The molecule has 2 aromatic rings. The zero-order chi connectivity index (χ0) is 16.6. The van der Waals surface area contributed by atoms with E-state index in [4.69, 9.17) is 0 Å². The number of carbonyl (C=O) groups is 1. The normalized spacial score (nSPS) is 18.4. The van der Waals surface area contributed by atoms with Crippen LogP contribution >= 0.6 is 11.3 Å². The molecule has 1 aliphatic rings. The van der Waals surface area contributed by atoms with E-state index in [2.05, 4.69) is 5.32 Å². The predicted octanol–water partition coefficient (Wildman–Crippen LogP) is 1.92. The Morgan fingerprint density at radius 2 is 1.91 bits per heavy atom. The Morgan fingerprint density at radius 1 is 1.22 bits per heavy atom. The van der Waals surface area contributed by atoms with Crippen LogP contribution in [-0.2, 0) is 27.8 Å². The van der Waals surface area contributed by atoms with Gasteiger partial charge in [-0.1, -0.05) is 24.3 Å². The number of amides is 1. The van der Waals surface area contributed by atoms with Gasteiger partial charge in [0, 0.05) is 18.5 Å². The summed E-state index contributed by atoms with van der Waals surface area (Å²) in [4.78, 5) is 13.2. The van der Waals surface area contributed by atoms with E-state index in [0.29, 0.717) is 6.42 Å². The highest BCUT2D eigenvalue weighted by molar-refractivity contribution is 7.91. The molecule has 0 spiro atoms. The topological polar surface area (TPSA) is 66.5 Å². The molecule has 0 radical (unpaired) electrons. The van der Waals surface area contributed by atoms with Gasteiger partial charge in [-0.3, -0.25) is 4.79 Å². The first-order valence-electron chi connectivity index (χ1n) is 7.30. The van der Waals surface area contributed by atoms with Crippen LogP contribution in [0.1, 0.15) is 16.0 Å². The lowest BCUT2D eigenvalue weighted by atomic mass is 9.95. The number of hydrogen-bond donors (Lipinski definition) is 1. The van der Waals surface area contributed by atoms with Crippen LogP contribution in [0.25, 0.3) is 0 Å². The first-order chi connectivity index (χ1) is 10.9. The average Bonchev–Trinajstić information content (AvgIpc) is 3.00. The first-order valence-corrected chi connectivity index (χ1v) is 9.56. The third-order valence-electron chi connectivity index (χ3n) is 4.03. The van der Waals surface area contributed by atoms with Gasteiger partial charge in [0.2, 0.25) is 5.91 Å². The molecule has 0 saturated carbocycles. The molecular formula is C16H18N2O3S2. The van der Waals surface area contributed by atoms with Crippen LogP contribution in [0.2, 0.25) is 0 Å². The van der Waals surface area contributed by atoms with E-state index in [1.807, 2.05) is 31.2 Å². The Labute approximate surface area is 140 Å². The second kappa shape index (κ2) is 6.07. The van der Waals surface area contributed by atoms with Crippen LogP contribution in [0, 0.1) is 6.92 Å². The minimum atomic E-state index is -3.70.